The number of rotatable bonds is 36. The summed E-state index contributed by atoms with van der Waals surface area (Å²) in [5, 5.41) is 2.84. The molecule has 9 N–H and O–H groups in total. The summed E-state index contributed by atoms with van der Waals surface area (Å²) in [6, 6.07) is -1.03. The van der Waals surface area contributed by atoms with E-state index in [1.54, 1.807) is 0 Å². The van der Waals surface area contributed by atoms with Gasteiger partial charge in [-0.05, 0) is 12.8 Å². The maximum absolute atomic E-state index is 13.4. The van der Waals surface area contributed by atoms with E-state index in [1.807, 2.05) is 0 Å². The molecule has 0 saturated carbocycles. The van der Waals surface area contributed by atoms with Gasteiger partial charge in [0.1, 0.15) is 18.8 Å². The lowest BCUT2D eigenvalue weighted by atomic mass is 9.99. The lowest BCUT2D eigenvalue weighted by Crippen LogP contribution is -2.62. The predicted molar refractivity (Wildman–Crippen MR) is 232 cm³/mol. The van der Waals surface area contributed by atoms with E-state index in [4.69, 9.17) is 51.4 Å². The molecule has 2 unspecified atom stereocenters. The minimum absolute atomic E-state index is 0.00805. The largest absolute Gasteiger partial charge is 0.464 e. The fraction of sp³-hybridized carbons (Fsp3) is 0.854. The zero-order valence-corrected chi connectivity index (χ0v) is 37.7. The maximum atomic E-state index is 13.4. The fourth-order valence-corrected chi connectivity index (χ4v) is 8.98. The molecule has 0 aromatic heterocycles. The van der Waals surface area contributed by atoms with Gasteiger partial charge in [-0.1, -0.05) is 145 Å². The Morgan fingerprint density at radius 1 is 0.567 bits per heavy atom. The summed E-state index contributed by atoms with van der Waals surface area (Å²) in [6.45, 7) is 1.95. The Bertz CT molecular complexity index is 1220. The molecule has 348 valence electrons. The van der Waals surface area contributed by atoms with Crippen LogP contribution in [0.25, 0.3) is 0 Å². The van der Waals surface area contributed by atoms with Crippen LogP contribution in [0.2, 0.25) is 0 Å². The van der Waals surface area contributed by atoms with E-state index in [1.165, 1.54) is 70.6 Å². The summed E-state index contributed by atoms with van der Waals surface area (Å²) < 4.78 is 33.6. The van der Waals surface area contributed by atoms with E-state index in [2.05, 4.69) is 19.2 Å². The molecule has 60 heavy (non-hydrogen) atoms. The normalized spacial score (nSPS) is 19.2. The minimum Gasteiger partial charge on any atom is -0.464 e. The van der Waals surface area contributed by atoms with Gasteiger partial charge in [-0.2, -0.15) is 0 Å². The summed E-state index contributed by atoms with van der Waals surface area (Å²) in [5.41, 5.74) is 20.8. The van der Waals surface area contributed by atoms with Crippen molar-refractivity contribution in [3.8, 4) is 0 Å². The molecule has 6 atom stereocenters. The molecule has 0 aromatic carbocycles. The van der Waals surface area contributed by atoms with Gasteiger partial charge < -0.3 is 56.7 Å². The Kier molecular flexibility index (Phi) is 33.1. The number of nitrogens with two attached hydrogens (primary N) is 4. The van der Waals surface area contributed by atoms with Crippen LogP contribution in [-0.4, -0.2) is 117 Å². The van der Waals surface area contributed by atoms with Crippen LogP contribution in [0, 0.1) is 0 Å². The molecule has 1 aliphatic rings. The number of unbranched alkanes of at least 4 members (excludes halogenated alkanes) is 17. The van der Waals surface area contributed by atoms with Gasteiger partial charge in [0.2, 0.25) is 5.91 Å². The number of amides is 1. The average Bonchev–Trinajstić information content (AvgIpc) is 3.25. The first kappa shape index (κ1) is 55.3. The van der Waals surface area contributed by atoms with E-state index in [9.17, 15) is 28.8 Å². The highest BCUT2D eigenvalue weighted by Crippen LogP contribution is 2.39. The maximum Gasteiger partial charge on any atom is 0.329 e. The quantitative estimate of drug-likeness (QED) is 0.0257. The van der Waals surface area contributed by atoms with Crippen LogP contribution in [0.3, 0.4) is 0 Å². The Balaban J connectivity index is 3.10. The zero-order valence-electron chi connectivity index (χ0n) is 36.1. The van der Waals surface area contributed by atoms with Gasteiger partial charge >= 0.3 is 29.8 Å². The third-order valence-corrected chi connectivity index (χ3v) is 12.3. The Morgan fingerprint density at radius 2 is 1.02 bits per heavy atom. The van der Waals surface area contributed by atoms with Crippen LogP contribution in [0.15, 0.2) is 0 Å². The first-order chi connectivity index (χ1) is 29.0. The highest BCUT2D eigenvalue weighted by molar-refractivity contribution is 8.76. The van der Waals surface area contributed by atoms with Crippen LogP contribution in [0.4, 0.5) is 0 Å². The van der Waals surface area contributed by atoms with Crippen molar-refractivity contribution < 1.29 is 57.2 Å². The van der Waals surface area contributed by atoms with Crippen molar-refractivity contribution in [3.05, 3.63) is 0 Å². The van der Waals surface area contributed by atoms with Crippen LogP contribution >= 0.6 is 21.6 Å². The first-order valence-corrected chi connectivity index (χ1v) is 24.4. The van der Waals surface area contributed by atoms with E-state index in [-0.39, 0.29) is 24.7 Å². The van der Waals surface area contributed by atoms with Crippen molar-refractivity contribution >= 4 is 57.3 Å². The van der Waals surface area contributed by atoms with Crippen LogP contribution in [-0.2, 0) is 57.2 Å². The minimum atomic E-state index is -1.52. The van der Waals surface area contributed by atoms with Crippen LogP contribution in [0.5, 0.6) is 0 Å². The molecular formula is C41H75N5O12S2. The number of nitrogens with one attached hydrogen (secondary N) is 1. The van der Waals surface area contributed by atoms with Gasteiger partial charge in [0.15, 0.2) is 23.7 Å². The monoisotopic (exact) mass is 893 g/mol. The van der Waals surface area contributed by atoms with E-state index in [0.717, 1.165) is 60.1 Å². The number of carbonyl (C=O) groups excluding carboxylic acids is 6. The van der Waals surface area contributed by atoms with Gasteiger partial charge in [-0.3, -0.25) is 24.0 Å². The smallest absolute Gasteiger partial charge is 0.329 e. The molecule has 1 aliphatic heterocycles. The third kappa shape index (κ3) is 25.3. The van der Waals surface area contributed by atoms with E-state index < -0.39 is 98.5 Å². The molecular weight excluding hydrogens is 819 g/mol. The fourth-order valence-electron chi connectivity index (χ4n) is 6.39. The first-order valence-electron chi connectivity index (χ1n) is 22.0. The van der Waals surface area contributed by atoms with Gasteiger partial charge in [0.25, 0.3) is 0 Å². The molecule has 1 amide bonds. The Morgan fingerprint density at radius 3 is 1.52 bits per heavy atom. The summed E-state index contributed by atoms with van der Waals surface area (Å²) >= 11 is 0. The second-order valence-electron chi connectivity index (χ2n) is 14.8. The topological polar surface area (TPSA) is 274 Å². The molecule has 17 nitrogen and oxygen atoms in total. The highest BCUT2D eigenvalue weighted by Gasteiger charge is 2.53. The third-order valence-electron chi connectivity index (χ3n) is 9.74. The van der Waals surface area contributed by atoms with Crippen LogP contribution in [0.1, 0.15) is 142 Å². The molecule has 0 aliphatic carbocycles. The molecule has 1 heterocycles. The Labute approximate surface area is 365 Å². The number of carbonyl (C=O) groups is 6. The molecule has 1 fully saturated rings. The van der Waals surface area contributed by atoms with Gasteiger partial charge in [-0.15, -0.1) is 0 Å². The van der Waals surface area contributed by atoms with Crippen molar-refractivity contribution in [2.75, 3.05) is 45.1 Å². The second-order valence-corrected chi connectivity index (χ2v) is 17.3. The molecule has 19 heteroatoms. The summed E-state index contributed by atoms with van der Waals surface area (Å²) in [7, 11) is 2.07. The predicted octanol–water partition coefficient (Wildman–Crippen LogP) is 4.08. The average molecular weight is 894 g/mol. The number of esters is 5. The molecule has 1 rings (SSSR count). The standard InChI is InChI=1S/C41H75N5O12S2/c1-3-5-7-9-11-13-15-17-19-21-23-53-40(52)30(46-32(47)22-20-18-16-14-12-10-8-6-4-2)29-59-60-41-39(58-36(51)27-45)38(57-35(50)26-44)37(56-34(49)25-43)31(55-41)28-54-33(48)24-42/h30-31,37-39,41H,3-29,42-45H2,1-2H3,(H,46,47)/t30?,31-,37-,38+,39-,41?/m1/s1. The summed E-state index contributed by atoms with van der Waals surface area (Å²) in [4.78, 5) is 76.2. The zero-order chi connectivity index (χ0) is 44.4. The van der Waals surface area contributed by atoms with Gasteiger partial charge in [0.05, 0.1) is 32.8 Å². The van der Waals surface area contributed by atoms with Crippen LogP contribution < -0.4 is 28.3 Å². The van der Waals surface area contributed by atoms with Crippen molar-refractivity contribution in [1.29, 1.82) is 0 Å². The van der Waals surface area contributed by atoms with E-state index in [0.29, 0.717) is 12.8 Å². The SMILES string of the molecule is CCCCCCCCCCCCOC(=O)C(CSSC1O[C@H](COC(=O)CN)[C@@H](OC(=O)CN)[C@H](OC(=O)CN)[C@H]1OC(=O)CN)NC(=O)CCCCCCCCCCC. The van der Waals surface area contributed by atoms with Crippen molar-refractivity contribution in [2.24, 2.45) is 22.9 Å². The van der Waals surface area contributed by atoms with Gasteiger partial charge in [-0.25, -0.2) is 4.79 Å². The highest BCUT2D eigenvalue weighted by atomic mass is 33.1. The van der Waals surface area contributed by atoms with Gasteiger partial charge in [0, 0.05) is 12.2 Å². The summed E-state index contributed by atoms with van der Waals surface area (Å²) in [6.07, 6.45) is 15.7. The Hall–Kier alpha value is -2.68. The molecule has 1 saturated heterocycles. The lowest BCUT2D eigenvalue weighted by molar-refractivity contribution is -0.238. The molecule has 0 bridgehead atoms. The lowest BCUT2D eigenvalue weighted by Gasteiger charge is -2.44. The second kappa shape index (κ2) is 35.9. The van der Waals surface area contributed by atoms with Crippen molar-refractivity contribution in [1.82, 2.24) is 5.32 Å². The van der Waals surface area contributed by atoms with Crippen molar-refractivity contribution in [2.45, 2.75) is 178 Å². The number of hydrogen-bond acceptors (Lipinski definition) is 18. The number of hydrogen-bond donors (Lipinski definition) is 5. The molecule has 0 aromatic rings. The molecule has 0 spiro atoms. The van der Waals surface area contributed by atoms with Crippen molar-refractivity contribution in [3.63, 3.8) is 0 Å². The molecule has 0 radical (unpaired) electrons. The number of ether oxygens (including phenoxy) is 6. The van der Waals surface area contributed by atoms with E-state index >= 15 is 0 Å². The summed E-state index contributed by atoms with van der Waals surface area (Å²) in [5.74, 6) is -4.42.